The van der Waals surface area contributed by atoms with Crippen molar-refractivity contribution < 1.29 is 8.83 Å². The van der Waals surface area contributed by atoms with Crippen molar-refractivity contribution in [3.8, 4) is 22.5 Å². The predicted octanol–water partition coefficient (Wildman–Crippen LogP) is 13.3. The summed E-state index contributed by atoms with van der Waals surface area (Å²) >= 11 is 0. The fourth-order valence-corrected chi connectivity index (χ4v) is 8.60. The van der Waals surface area contributed by atoms with Gasteiger partial charge in [-0.15, -0.1) is 0 Å². The average molecular weight is 665 g/mol. The molecule has 12 aromatic rings. The van der Waals surface area contributed by atoms with E-state index in [-0.39, 0.29) is 0 Å². The second kappa shape index (κ2) is 10.3. The molecule has 242 valence electrons. The molecule has 0 saturated heterocycles. The number of furan rings is 2. The lowest BCUT2D eigenvalue weighted by Crippen LogP contribution is -1.94. The zero-order chi connectivity index (χ0) is 33.9. The Balaban J connectivity index is 1.05. The van der Waals surface area contributed by atoms with E-state index >= 15 is 0 Å². The van der Waals surface area contributed by atoms with Gasteiger partial charge in [-0.1, -0.05) is 97.1 Å². The van der Waals surface area contributed by atoms with E-state index in [0.717, 1.165) is 66.3 Å². The van der Waals surface area contributed by atoms with Gasteiger partial charge in [-0.2, -0.15) is 0 Å². The average Bonchev–Trinajstić information content (AvgIpc) is 3.95. The van der Waals surface area contributed by atoms with Crippen LogP contribution < -0.4 is 0 Å². The Morgan fingerprint density at radius 1 is 0.308 bits per heavy atom. The lowest BCUT2D eigenvalue weighted by molar-refractivity contribution is 0.666. The molecule has 0 amide bonds. The zero-order valence-corrected chi connectivity index (χ0v) is 27.9. The summed E-state index contributed by atoms with van der Waals surface area (Å²) in [5, 5.41) is 9.40. The molecule has 0 unspecified atom stereocenters. The molecule has 0 aliphatic carbocycles. The molecule has 12 rings (SSSR count). The van der Waals surface area contributed by atoms with Crippen LogP contribution in [0.25, 0.3) is 110 Å². The van der Waals surface area contributed by atoms with Gasteiger partial charge in [0.25, 0.3) is 0 Å². The van der Waals surface area contributed by atoms with Crippen LogP contribution in [0, 0.1) is 0 Å². The van der Waals surface area contributed by atoms with E-state index < -0.39 is 0 Å². The molecule has 0 radical (unpaired) electrons. The maximum absolute atomic E-state index is 6.52. The first-order chi connectivity index (χ1) is 25.8. The fraction of sp³-hybridized carbons (Fsp3) is 0. The Kier molecular flexibility index (Phi) is 5.47. The first-order valence-electron chi connectivity index (χ1n) is 17.7. The largest absolute Gasteiger partial charge is 0.456 e. The van der Waals surface area contributed by atoms with Gasteiger partial charge >= 0.3 is 0 Å². The highest BCUT2D eigenvalue weighted by molar-refractivity contribution is 6.15. The van der Waals surface area contributed by atoms with E-state index in [1.54, 1.807) is 0 Å². The monoisotopic (exact) mass is 664 g/mol. The molecule has 0 saturated carbocycles. The minimum atomic E-state index is 0.900. The molecular formula is C48H28N2O2. The number of hydrogen-bond acceptors (Lipinski definition) is 2. The maximum atomic E-state index is 6.52. The van der Waals surface area contributed by atoms with Crippen molar-refractivity contribution in [1.29, 1.82) is 0 Å². The summed E-state index contributed by atoms with van der Waals surface area (Å²) in [6.45, 7) is 0. The Morgan fingerprint density at radius 2 is 0.827 bits per heavy atom. The van der Waals surface area contributed by atoms with Gasteiger partial charge in [0, 0.05) is 48.8 Å². The zero-order valence-electron chi connectivity index (χ0n) is 27.9. The van der Waals surface area contributed by atoms with E-state index in [2.05, 4.69) is 155 Å². The van der Waals surface area contributed by atoms with Crippen LogP contribution in [0.15, 0.2) is 179 Å². The van der Waals surface area contributed by atoms with Crippen LogP contribution in [0.5, 0.6) is 0 Å². The number of hydrogen-bond donors (Lipinski definition) is 0. The van der Waals surface area contributed by atoms with Crippen LogP contribution in [0.3, 0.4) is 0 Å². The van der Waals surface area contributed by atoms with Gasteiger partial charge in [0.05, 0.1) is 27.8 Å². The molecule has 0 N–H and O–H groups in total. The van der Waals surface area contributed by atoms with E-state index in [9.17, 15) is 0 Å². The first-order valence-corrected chi connectivity index (χ1v) is 17.7. The predicted molar refractivity (Wildman–Crippen MR) is 215 cm³/mol. The summed E-state index contributed by atoms with van der Waals surface area (Å²) in [4.78, 5) is 0. The molecule has 4 nitrogen and oxygen atoms in total. The topological polar surface area (TPSA) is 36.1 Å². The Hall–Kier alpha value is -7.04. The van der Waals surface area contributed by atoms with Gasteiger partial charge in [-0.3, -0.25) is 0 Å². The number of nitrogens with zero attached hydrogens (tertiary/aromatic N) is 2. The summed E-state index contributed by atoms with van der Waals surface area (Å²) in [5.74, 6) is 0. The summed E-state index contributed by atoms with van der Waals surface area (Å²) in [5.41, 5.74) is 12.8. The maximum Gasteiger partial charge on any atom is 0.159 e. The third kappa shape index (κ3) is 3.75. The third-order valence-corrected chi connectivity index (χ3v) is 10.9. The van der Waals surface area contributed by atoms with Gasteiger partial charge < -0.3 is 18.0 Å². The van der Waals surface area contributed by atoms with Crippen LogP contribution in [0.1, 0.15) is 0 Å². The third-order valence-electron chi connectivity index (χ3n) is 10.9. The lowest BCUT2D eigenvalue weighted by Gasteiger charge is -2.10. The van der Waals surface area contributed by atoms with Gasteiger partial charge in [-0.05, 0) is 83.9 Å². The van der Waals surface area contributed by atoms with Crippen molar-refractivity contribution in [3.63, 3.8) is 0 Å². The molecule has 0 bridgehead atoms. The minimum absolute atomic E-state index is 0.900. The van der Waals surface area contributed by atoms with Crippen molar-refractivity contribution >= 4 is 87.5 Å². The van der Waals surface area contributed by atoms with Gasteiger partial charge in [0.1, 0.15) is 16.7 Å². The number of aromatic nitrogens is 2. The molecule has 0 fully saturated rings. The van der Waals surface area contributed by atoms with E-state index in [0.29, 0.717) is 0 Å². The molecule has 4 heterocycles. The van der Waals surface area contributed by atoms with E-state index in [4.69, 9.17) is 8.83 Å². The van der Waals surface area contributed by atoms with E-state index in [1.165, 1.54) is 43.7 Å². The summed E-state index contributed by atoms with van der Waals surface area (Å²) in [6, 6.07) is 60.7. The highest BCUT2D eigenvalue weighted by Gasteiger charge is 2.19. The fourth-order valence-electron chi connectivity index (χ4n) is 8.60. The Morgan fingerprint density at radius 3 is 1.54 bits per heavy atom. The number of fused-ring (bicyclic) bond motifs is 12. The molecule has 0 aliphatic rings. The van der Waals surface area contributed by atoms with Crippen molar-refractivity contribution in [2.24, 2.45) is 0 Å². The molecule has 0 spiro atoms. The Labute approximate surface area is 296 Å². The van der Waals surface area contributed by atoms with Crippen LogP contribution >= 0.6 is 0 Å². The molecule has 4 aromatic heterocycles. The first kappa shape index (κ1) is 27.7. The second-order valence-corrected chi connectivity index (χ2v) is 13.7. The smallest absolute Gasteiger partial charge is 0.159 e. The highest BCUT2D eigenvalue weighted by atomic mass is 16.3. The van der Waals surface area contributed by atoms with Crippen molar-refractivity contribution in [3.05, 3.63) is 170 Å². The van der Waals surface area contributed by atoms with Crippen LogP contribution in [-0.4, -0.2) is 9.13 Å². The number of rotatable bonds is 3. The van der Waals surface area contributed by atoms with Crippen molar-refractivity contribution in [2.75, 3.05) is 0 Å². The number of benzene rings is 8. The van der Waals surface area contributed by atoms with Crippen molar-refractivity contribution in [1.82, 2.24) is 9.13 Å². The van der Waals surface area contributed by atoms with Crippen molar-refractivity contribution in [2.45, 2.75) is 0 Å². The minimum Gasteiger partial charge on any atom is -0.456 e. The lowest BCUT2D eigenvalue weighted by atomic mass is 10.0. The molecular weight excluding hydrogens is 637 g/mol. The molecule has 0 atom stereocenters. The quantitative estimate of drug-likeness (QED) is 0.188. The van der Waals surface area contributed by atoms with Gasteiger partial charge in [0.2, 0.25) is 0 Å². The SMILES string of the molecule is c1ccc2c(c1)oc1ccc(-n3c4ccccc4c4cc(-c5ccc6c(c5)c5ccccc5n6-c5cccc6c5oc5ccccc56)ccc43)cc12. The standard InChI is InChI=1S/C48H28N2O2/c1-5-15-40-32(10-1)37-26-29(20-23-42(37)49(40)31-22-25-47-39(28-31)35-13-4-7-18-45(35)51-47)30-21-24-43-38(27-30)33-11-2-6-16-41(33)50(43)44-17-9-14-36-34-12-3-8-19-46(34)52-48(36)44/h1-28H. The molecule has 8 aromatic carbocycles. The highest BCUT2D eigenvalue weighted by Crippen LogP contribution is 2.41. The normalized spacial score (nSPS) is 12.2. The van der Waals surface area contributed by atoms with Gasteiger partial charge in [-0.25, -0.2) is 0 Å². The molecule has 0 aliphatic heterocycles. The number of para-hydroxylation sites is 5. The summed E-state index contributed by atoms with van der Waals surface area (Å²) in [7, 11) is 0. The van der Waals surface area contributed by atoms with Crippen LogP contribution in [-0.2, 0) is 0 Å². The second-order valence-electron chi connectivity index (χ2n) is 13.7. The van der Waals surface area contributed by atoms with E-state index in [1.807, 2.05) is 24.3 Å². The van der Waals surface area contributed by atoms with Crippen LogP contribution in [0.2, 0.25) is 0 Å². The Bertz CT molecular complexity index is 3420. The molecule has 52 heavy (non-hydrogen) atoms. The molecule has 4 heteroatoms. The van der Waals surface area contributed by atoms with Gasteiger partial charge in [0.15, 0.2) is 5.58 Å². The van der Waals surface area contributed by atoms with Crippen LogP contribution in [0.4, 0.5) is 0 Å². The summed E-state index contributed by atoms with van der Waals surface area (Å²) < 4.78 is 17.4. The summed E-state index contributed by atoms with van der Waals surface area (Å²) in [6.07, 6.45) is 0.